The Bertz CT molecular complexity index is 1910. The van der Waals surface area contributed by atoms with Crippen molar-refractivity contribution in [2.75, 3.05) is 10.6 Å². The first-order chi connectivity index (χ1) is 22.2. The number of carbonyl (C=O) groups is 3. The maximum Gasteiger partial charge on any atom is 0.276 e. The number of aldehydes is 1. The van der Waals surface area contributed by atoms with Crippen LogP contribution >= 0.6 is 11.3 Å². The number of thiophene rings is 1. The molecular weight excluding hydrogens is 611 g/mol. The zero-order chi connectivity index (χ0) is 32.6. The SMILES string of the molecule is Cc1cc(F)c(CCCc2cc(NC(=O)c3ccc(-n4ccnc4)nn3)c(C=O)s2)cc1NC(=O)/C(N)=C/C=C(\N)n1ccnc1. The van der Waals surface area contributed by atoms with E-state index >= 15 is 0 Å². The van der Waals surface area contributed by atoms with E-state index in [1.54, 1.807) is 65.4 Å². The molecule has 0 fully saturated rings. The number of hydrogen-bond acceptors (Lipinski definition) is 10. The van der Waals surface area contributed by atoms with Gasteiger partial charge in [0.25, 0.3) is 11.8 Å². The number of carbonyl (C=O) groups excluding carboxylic acids is 3. The molecule has 0 aliphatic rings. The van der Waals surface area contributed by atoms with Crippen molar-refractivity contribution in [2.45, 2.75) is 26.2 Å². The molecule has 46 heavy (non-hydrogen) atoms. The Morgan fingerprint density at radius 1 is 0.978 bits per heavy atom. The number of rotatable bonds is 12. The van der Waals surface area contributed by atoms with Crippen LogP contribution in [0.25, 0.3) is 11.6 Å². The fourth-order valence-corrected chi connectivity index (χ4v) is 5.35. The highest BCUT2D eigenvalue weighted by atomic mass is 32.1. The highest BCUT2D eigenvalue weighted by Crippen LogP contribution is 2.28. The Morgan fingerprint density at radius 2 is 1.78 bits per heavy atom. The van der Waals surface area contributed by atoms with Crippen LogP contribution in [0.5, 0.6) is 0 Å². The van der Waals surface area contributed by atoms with E-state index in [1.807, 2.05) is 0 Å². The average molecular weight is 641 g/mol. The lowest BCUT2D eigenvalue weighted by Crippen LogP contribution is -2.20. The number of nitrogens with two attached hydrogens (primary N) is 2. The standard InChI is InChI=1S/C31H29FN10O3S/c1-19-13-22(32)20(14-25(19)37-30(44)23(33)5-7-28(34)41-11-9-35-17-41)3-2-4-21-15-26(27(16-43)46-21)38-31(45)24-6-8-29(40-39-24)42-12-10-36-18-42/h5-18H,2-4,33-34H2,1H3,(H,37,44)(H,38,45)/b23-5-,28-7+. The van der Waals surface area contributed by atoms with Crippen LogP contribution in [0.2, 0.25) is 0 Å². The Morgan fingerprint density at radius 3 is 2.48 bits per heavy atom. The maximum absolute atomic E-state index is 14.8. The van der Waals surface area contributed by atoms with E-state index in [4.69, 9.17) is 11.5 Å². The Labute approximate surface area is 266 Å². The number of anilines is 2. The minimum absolute atomic E-state index is 0.0820. The summed E-state index contributed by atoms with van der Waals surface area (Å²) in [6.07, 6.45) is 14.6. The first kappa shape index (κ1) is 31.5. The van der Waals surface area contributed by atoms with Crippen molar-refractivity contribution in [3.05, 3.63) is 118 Å². The quantitative estimate of drug-likeness (QED) is 0.0892. The third-order valence-electron chi connectivity index (χ3n) is 6.83. The van der Waals surface area contributed by atoms with E-state index in [-0.39, 0.29) is 11.4 Å². The van der Waals surface area contributed by atoms with Crippen molar-refractivity contribution >= 4 is 46.6 Å². The Balaban J connectivity index is 1.19. The molecule has 13 nitrogen and oxygen atoms in total. The number of allylic oxidation sites excluding steroid dienone is 2. The van der Waals surface area contributed by atoms with Crippen molar-refractivity contribution in [1.29, 1.82) is 0 Å². The predicted molar refractivity (Wildman–Crippen MR) is 172 cm³/mol. The maximum atomic E-state index is 14.8. The number of nitrogens with one attached hydrogen (secondary N) is 2. The minimum atomic E-state index is -0.565. The normalized spacial score (nSPS) is 11.8. The average Bonchev–Trinajstić information content (AvgIpc) is 3.85. The lowest BCUT2D eigenvalue weighted by atomic mass is 10.0. The molecule has 15 heteroatoms. The molecule has 0 unspecified atom stereocenters. The third kappa shape index (κ3) is 7.57. The summed E-state index contributed by atoms with van der Waals surface area (Å²) in [6, 6.07) is 7.82. The van der Waals surface area contributed by atoms with E-state index in [9.17, 15) is 18.8 Å². The molecular formula is C31H29FN10O3S. The zero-order valence-electron chi connectivity index (χ0n) is 24.6. The monoisotopic (exact) mass is 640 g/mol. The van der Waals surface area contributed by atoms with Gasteiger partial charge in [0.05, 0.1) is 16.3 Å². The molecule has 0 bridgehead atoms. The zero-order valence-corrected chi connectivity index (χ0v) is 25.4. The number of hydrogen-bond donors (Lipinski definition) is 4. The van der Waals surface area contributed by atoms with Gasteiger partial charge < -0.3 is 22.1 Å². The van der Waals surface area contributed by atoms with Crippen LogP contribution in [-0.2, 0) is 17.6 Å². The molecule has 2 amide bonds. The summed E-state index contributed by atoms with van der Waals surface area (Å²) >= 11 is 1.24. The molecule has 0 spiro atoms. The van der Waals surface area contributed by atoms with Gasteiger partial charge in [-0.15, -0.1) is 21.5 Å². The minimum Gasteiger partial charge on any atom is -0.394 e. The highest BCUT2D eigenvalue weighted by molar-refractivity contribution is 7.14. The van der Waals surface area contributed by atoms with Crippen LogP contribution < -0.4 is 22.1 Å². The lowest BCUT2D eigenvalue weighted by Gasteiger charge is -2.12. The second-order valence-electron chi connectivity index (χ2n) is 10.1. The molecule has 4 heterocycles. The van der Waals surface area contributed by atoms with Gasteiger partial charge in [-0.1, -0.05) is 0 Å². The van der Waals surface area contributed by atoms with E-state index in [0.29, 0.717) is 64.6 Å². The van der Waals surface area contributed by atoms with Gasteiger partial charge in [-0.05, 0) is 79.8 Å². The number of halogens is 1. The van der Waals surface area contributed by atoms with Crippen molar-refractivity contribution in [3.8, 4) is 5.82 Å². The Hall–Kier alpha value is -5.96. The van der Waals surface area contributed by atoms with Crippen LogP contribution in [0.1, 0.15) is 42.6 Å². The summed E-state index contributed by atoms with van der Waals surface area (Å²) in [5, 5.41) is 13.5. The molecule has 5 rings (SSSR count). The van der Waals surface area contributed by atoms with E-state index in [2.05, 4.69) is 30.8 Å². The fraction of sp³-hybridized carbons (Fsp3) is 0.129. The first-order valence-electron chi connectivity index (χ1n) is 13.9. The molecule has 234 valence electrons. The smallest absolute Gasteiger partial charge is 0.276 e. The molecule has 4 aromatic heterocycles. The summed E-state index contributed by atoms with van der Waals surface area (Å²) < 4.78 is 18.1. The van der Waals surface area contributed by atoms with Gasteiger partial charge >= 0.3 is 0 Å². The number of amides is 2. The van der Waals surface area contributed by atoms with Crippen LogP contribution in [0, 0.1) is 12.7 Å². The Kier molecular flexibility index (Phi) is 9.72. The summed E-state index contributed by atoms with van der Waals surface area (Å²) in [4.78, 5) is 46.2. The van der Waals surface area contributed by atoms with Crippen molar-refractivity contribution in [3.63, 3.8) is 0 Å². The van der Waals surface area contributed by atoms with Crippen molar-refractivity contribution in [2.24, 2.45) is 11.5 Å². The van der Waals surface area contributed by atoms with Crippen LogP contribution in [0.4, 0.5) is 15.8 Å². The van der Waals surface area contributed by atoms with Gasteiger partial charge in [0.1, 0.15) is 24.3 Å². The van der Waals surface area contributed by atoms with Gasteiger partial charge in [0.2, 0.25) is 0 Å². The molecule has 0 aliphatic heterocycles. The van der Waals surface area contributed by atoms with Gasteiger partial charge in [-0.2, -0.15) is 0 Å². The third-order valence-corrected chi connectivity index (χ3v) is 7.95. The number of aromatic nitrogens is 6. The largest absolute Gasteiger partial charge is 0.394 e. The van der Waals surface area contributed by atoms with Gasteiger partial charge in [-0.3, -0.25) is 23.5 Å². The van der Waals surface area contributed by atoms with Crippen molar-refractivity contribution in [1.82, 2.24) is 29.3 Å². The van der Waals surface area contributed by atoms with Crippen LogP contribution in [0.3, 0.4) is 0 Å². The summed E-state index contributed by atoms with van der Waals surface area (Å²) in [7, 11) is 0. The molecule has 0 saturated carbocycles. The molecule has 0 aliphatic carbocycles. The number of benzene rings is 1. The van der Waals surface area contributed by atoms with E-state index in [1.165, 1.54) is 41.9 Å². The van der Waals surface area contributed by atoms with Crippen LogP contribution in [-0.4, -0.2) is 47.4 Å². The summed E-state index contributed by atoms with van der Waals surface area (Å²) in [6.45, 7) is 1.68. The van der Waals surface area contributed by atoms with Gasteiger partial charge in [0.15, 0.2) is 17.8 Å². The summed E-state index contributed by atoms with van der Waals surface area (Å²) in [5.41, 5.74) is 13.6. The van der Waals surface area contributed by atoms with Crippen LogP contribution in [0.15, 0.2) is 85.6 Å². The molecule has 6 N–H and O–H groups in total. The first-order valence-corrected chi connectivity index (χ1v) is 14.8. The topological polar surface area (TPSA) is 189 Å². The van der Waals surface area contributed by atoms with Gasteiger partial charge in [0, 0.05) is 35.4 Å². The number of aryl methyl sites for hydroxylation is 3. The fourth-order valence-electron chi connectivity index (χ4n) is 4.37. The van der Waals surface area contributed by atoms with Gasteiger partial charge in [-0.25, -0.2) is 14.4 Å². The van der Waals surface area contributed by atoms with Crippen molar-refractivity contribution < 1.29 is 18.8 Å². The molecule has 0 radical (unpaired) electrons. The molecule has 0 atom stereocenters. The predicted octanol–water partition coefficient (Wildman–Crippen LogP) is 3.85. The second kappa shape index (κ2) is 14.2. The molecule has 0 saturated heterocycles. The highest BCUT2D eigenvalue weighted by Gasteiger charge is 2.16. The number of imidazole rings is 2. The summed E-state index contributed by atoms with van der Waals surface area (Å²) in [5.74, 6) is -0.656. The molecule has 1 aromatic carbocycles. The van der Waals surface area contributed by atoms with E-state index < -0.39 is 17.6 Å². The number of nitrogens with zero attached hydrogens (tertiary/aromatic N) is 6. The second-order valence-corrected chi connectivity index (χ2v) is 11.2. The van der Waals surface area contributed by atoms with E-state index in [0.717, 1.165) is 4.88 Å². The lowest BCUT2D eigenvalue weighted by molar-refractivity contribution is -0.112. The molecule has 5 aromatic rings.